The number of carbonyl (C=O) groups excluding carboxylic acids is 7. The van der Waals surface area contributed by atoms with Gasteiger partial charge in [0.15, 0.2) is 0 Å². The summed E-state index contributed by atoms with van der Waals surface area (Å²) >= 11 is 0. The fourth-order valence-corrected chi connectivity index (χ4v) is 5.80. The van der Waals surface area contributed by atoms with Crippen LogP contribution in [0.25, 0.3) is 0 Å². The van der Waals surface area contributed by atoms with Crippen LogP contribution in [0.1, 0.15) is 29.5 Å². The van der Waals surface area contributed by atoms with Crippen molar-refractivity contribution in [3.05, 3.63) is 108 Å². The van der Waals surface area contributed by atoms with Gasteiger partial charge in [0.1, 0.15) is 24.2 Å². The van der Waals surface area contributed by atoms with Crippen molar-refractivity contribution < 1.29 is 33.6 Å². The second-order valence-electron chi connectivity index (χ2n) is 12.7. The maximum absolute atomic E-state index is 14.0. The molecular weight excluding hydrogens is 666 g/mol. The first kappa shape index (κ1) is 38.7. The third-order valence-corrected chi connectivity index (χ3v) is 8.93. The highest BCUT2D eigenvalue weighted by Crippen LogP contribution is 2.13. The monoisotopic (exact) mass is 711 g/mol. The molecule has 4 rings (SSSR count). The minimum atomic E-state index is -1.29. The average molecular weight is 712 g/mol. The molecule has 0 unspecified atom stereocenters. The number of primary amides is 1. The quantitative estimate of drug-likeness (QED) is 0.203. The van der Waals surface area contributed by atoms with Crippen LogP contribution >= 0.6 is 0 Å². The molecule has 0 spiro atoms. The Labute approximate surface area is 302 Å². The van der Waals surface area contributed by atoms with Crippen molar-refractivity contribution in [2.45, 2.75) is 56.3 Å². The molecule has 3 aromatic carbocycles. The molecule has 274 valence electrons. The van der Waals surface area contributed by atoms with Crippen molar-refractivity contribution in [2.75, 3.05) is 27.2 Å². The molecule has 14 heteroatoms. The second kappa shape index (κ2) is 18.8. The molecule has 4 atom stereocenters. The Morgan fingerprint density at radius 3 is 1.35 bits per heavy atom. The molecule has 0 aromatic heterocycles. The van der Waals surface area contributed by atoms with Gasteiger partial charge in [0, 0.05) is 39.8 Å². The molecule has 1 saturated heterocycles. The molecule has 7 amide bonds. The van der Waals surface area contributed by atoms with Gasteiger partial charge in [-0.25, -0.2) is 0 Å². The third-order valence-electron chi connectivity index (χ3n) is 8.93. The Hall–Kier alpha value is -6.05. The lowest BCUT2D eigenvalue weighted by molar-refractivity contribution is -0.142. The van der Waals surface area contributed by atoms with Gasteiger partial charge < -0.3 is 36.8 Å². The number of nitrogens with two attached hydrogens (primary N) is 1. The van der Waals surface area contributed by atoms with E-state index in [0.29, 0.717) is 0 Å². The van der Waals surface area contributed by atoms with Crippen LogP contribution in [0.15, 0.2) is 91.0 Å². The van der Waals surface area contributed by atoms with E-state index >= 15 is 0 Å². The van der Waals surface area contributed by atoms with Gasteiger partial charge in [0.05, 0.1) is 13.1 Å². The van der Waals surface area contributed by atoms with E-state index in [-0.39, 0.29) is 32.1 Å². The van der Waals surface area contributed by atoms with E-state index in [1.54, 1.807) is 78.9 Å². The van der Waals surface area contributed by atoms with Gasteiger partial charge in [-0.05, 0) is 23.1 Å². The predicted octanol–water partition coefficient (Wildman–Crippen LogP) is -0.150. The van der Waals surface area contributed by atoms with Crippen LogP contribution in [-0.2, 0) is 52.8 Å². The van der Waals surface area contributed by atoms with Crippen molar-refractivity contribution >= 4 is 41.4 Å². The number of hydrogen-bond donors (Lipinski definition) is 5. The highest BCUT2D eigenvalue weighted by Gasteiger charge is 2.34. The van der Waals surface area contributed by atoms with Crippen LogP contribution in [0.3, 0.4) is 0 Å². The zero-order valence-corrected chi connectivity index (χ0v) is 29.2. The lowest BCUT2D eigenvalue weighted by atomic mass is 10.0. The topological polar surface area (TPSA) is 200 Å². The van der Waals surface area contributed by atoms with Crippen molar-refractivity contribution in [2.24, 2.45) is 5.73 Å². The van der Waals surface area contributed by atoms with Crippen molar-refractivity contribution in [3.8, 4) is 0 Å². The van der Waals surface area contributed by atoms with Crippen LogP contribution < -0.4 is 27.0 Å². The molecule has 14 nitrogen and oxygen atoms in total. The highest BCUT2D eigenvalue weighted by molar-refractivity contribution is 5.97. The zero-order chi connectivity index (χ0) is 37.6. The molecule has 0 aliphatic carbocycles. The first-order valence-corrected chi connectivity index (χ1v) is 17.0. The fourth-order valence-electron chi connectivity index (χ4n) is 5.80. The summed E-state index contributed by atoms with van der Waals surface area (Å²) in [5.41, 5.74) is 7.56. The molecule has 0 radical (unpaired) electrons. The molecular formula is C38H45N7O7. The van der Waals surface area contributed by atoms with Crippen molar-refractivity contribution in [3.63, 3.8) is 0 Å². The second-order valence-corrected chi connectivity index (χ2v) is 12.7. The third kappa shape index (κ3) is 11.2. The van der Waals surface area contributed by atoms with Gasteiger partial charge >= 0.3 is 0 Å². The number of amides is 7. The first-order chi connectivity index (χ1) is 24.9. The number of nitrogens with one attached hydrogen (secondary N) is 4. The molecule has 6 N–H and O–H groups in total. The number of benzene rings is 3. The molecule has 1 heterocycles. The van der Waals surface area contributed by atoms with Gasteiger partial charge in [-0.2, -0.15) is 0 Å². The van der Waals surface area contributed by atoms with Gasteiger partial charge in [-0.3, -0.25) is 33.6 Å². The molecule has 3 aromatic rings. The summed E-state index contributed by atoms with van der Waals surface area (Å²) in [6.45, 7) is -1.05. The van der Waals surface area contributed by atoms with Gasteiger partial charge in [-0.1, -0.05) is 91.0 Å². The normalized spacial score (nSPS) is 21.3. The number of carbonyl (C=O) groups is 7. The van der Waals surface area contributed by atoms with Gasteiger partial charge in [0.2, 0.25) is 41.4 Å². The van der Waals surface area contributed by atoms with Crippen molar-refractivity contribution in [1.82, 2.24) is 31.1 Å². The molecule has 1 aliphatic rings. The molecule has 52 heavy (non-hydrogen) atoms. The molecule has 0 bridgehead atoms. The number of nitrogens with zero attached hydrogens (tertiary/aromatic N) is 2. The fraction of sp³-hybridized carbons (Fsp3) is 0.342. The Kier molecular flexibility index (Phi) is 14.0. The highest BCUT2D eigenvalue weighted by atomic mass is 16.2. The summed E-state index contributed by atoms with van der Waals surface area (Å²) in [4.78, 5) is 96.2. The average Bonchev–Trinajstić information content (AvgIpc) is 3.15. The molecule has 1 aliphatic heterocycles. The van der Waals surface area contributed by atoms with Crippen molar-refractivity contribution in [1.29, 1.82) is 0 Å². The van der Waals surface area contributed by atoms with Crippen LogP contribution in [0, 0.1) is 0 Å². The predicted molar refractivity (Wildman–Crippen MR) is 192 cm³/mol. The maximum atomic E-state index is 14.0. The Bertz CT molecular complexity index is 1720. The summed E-state index contributed by atoms with van der Waals surface area (Å²) in [7, 11) is 2.83. The van der Waals surface area contributed by atoms with E-state index in [1.807, 2.05) is 12.1 Å². The molecule has 0 saturated carbocycles. The minimum Gasteiger partial charge on any atom is -0.370 e. The Morgan fingerprint density at radius 1 is 0.577 bits per heavy atom. The van der Waals surface area contributed by atoms with Crippen LogP contribution in [-0.4, -0.2) is 103 Å². The summed E-state index contributed by atoms with van der Waals surface area (Å²) in [5.74, 6) is -4.66. The van der Waals surface area contributed by atoms with Crippen LogP contribution in [0.2, 0.25) is 0 Å². The zero-order valence-electron chi connectivity index (χ0n) is 29.2. The van der Waals surface area contributed by atoms with E-state index in [0.717, 1.165) is 16.7 Å². The van der Waals surface area contributed by atoms with E-state index in [1.165, 1.54) is 23.9 Å². The van der Waals surface area contributed by atoms with Gasteiger partial charge in [0.25, 0.3) is 0 Å². The SMILES string of the molecule is CN1C(=O)CNC(=O)[C@H](Cc2ccccc2)NC(=O)[C@H](Cc2ccccc2)N(C)C(=O)CNC(=O)[C@H](CCC(N)=O)NC(=O)[C@@H]1Cc1ccccc1. The van der Waals surface area contributed by atoms with E-state index < -0.39 is 78.6 Å². The summed E-state index contributed by atoms with van der Waals surface area (Å²) in [6.07, 6.45) is -0.192. The largest absolute Gasteiger partial charge is 0.370 e. The summed E-state index contributed by atoms with van der Waals surface area (Å²) in [5, 5.41) is 10.6. The first-order valence-electron chi connectivity index (χ1n) is 17.0. The lowest BCUT2D eigenvalue weighted by Crippen LogP contribution is -2.59. The molecule has 1 fully saturated rings. The lowest BCUT2D eigenvalue weighted by Gasteiger charge is -2.31. The Balaban J connectivity index is 1.70. The smallest absolute Gasteiger partial charge is 0.243 e. The van der Waals surface area contributed by atoms with E-state index in [2.05, 4.69) is 21.3 Å². The van der Waals surface area contributed by atoms with Crippen LogP contribution in [0.4, 0.5) is 0 Å². The van der Waals surface area contributed by atoms with E-state index in [4.69, 9.17) is 5.73 Å². The van der Waals surface area contributed by atoms with E-state index in [9.17, 15) is 33.6 Å². The summed E-state index contributed by atoms with van der Waals surface area (Å²) < 4.78 is 0. The number of hydrogen-bond acceptors (Lipinski definition) is 7. The minimum absolute atomic E-state index is 0.0613. The maximum Gasteiger partial charge on any atom is 0.243 e. The summed E-state index contributed by atoms with van der Waals surface area (Å²) in [6, 6.07) is 22.2. The number of rotatable bonds is 9. The van der Waals surface area contributed by atoms with Crippen LogP contribution in [0.5, 0.6) is 0 Å². The standard InChI is InChI=1S/C38H45N7O7/c1-44-30(21-26-14-8-4-9-15-26)37(51)42-28(18-19-32(39)46)35(49)40-23-33(47)45(2)31(22-27-16-10-5-11-17-27)38(52)43-29(36(50)41-24-34(44)48)20-25-12-6-3-7-13-25/h3-17,28-31H,18-24H2,1-2H3,(H2,39,46)(H,40,49)(H,41,50)(H,42,51)(H,43,52)/t28-,29-,30-,31-/m0/s1. The van der Waals surface area contributed by atoms with Gasteiger partial charge in [-0.15, -0.1) is 0 Å². The Morgan fingerprint density at radius 2 is 0.942 bits per heavy atom. The number of likely N-dealkylation sites (N-methyl/N-ethyl adjacent to an activating group) is 2.